The first-order valence-electron chi connectivity index (χ1n) is 6.18. The molecule has 2 heterocycles. The average molecular weight is 339 g/mol. The topological polar surface area (TPSA) is 77.8 Å². The molecule has 0 aliphatic rings. The minimum absolute atomic E-state index is 0.0319. The van der Waals surface area contributed by atoms with Gasteiger partial charge in [0, 0.05) is 10.6 Å². The molecule has 0 unspecified atom stereocenters. The Morgan fingerprint density at radius 2 is 1.77 bits per heavy atom. The van der Waals surface area contributed by atoms with E-state index in [1.165, 1.54) is 0 Å². The lowest BCUT2D eigenvalue weighted by Crippen LogP contribution is -2.01. The van der Waals surface area contributed by atoms with Crippen molar-refractivity contribution < 1.29 is 8.91 Å². The van der Waals surface area contributed by atoms with Crippen LogP contribution in [0.3, 0.4) is 0 Å². The van der Waals surface area contributed by atoms with Crippen molar-refractivity contribution in [3.05, 3.63) is 46.0 Å². The Labute approximate surface area is 134 Å². The standard InChI is InChI=1S/C14H9Cl2FN4O/c1-6-19-14(22-21-6)13-9(16)11(18)10(17)12(20-13)7-2-4-8(15)5-3-7/h2-5H,1H3,(H2,18,20). The van der Waals surface area contributed by atoms with Gasteiger partial charge < -0.3 is 10.3 Å². The van der Waals surface area contributed by atoms with Gasteiger partial charge in [0.1, 0.15) is 11.4 Å². The summed E-state index contributed by atoms with van der Waals surface area (Å²) in [6.45, 7) is 1.65. The molecule has 0 aliphatic carbocycles. The van der Waals surface area contributed by atoms with Crippen LogP contribution in [-0.2, 0) is 0 Å². The van der Waals surface area contributed by atoms with Crippen LogP contribution in [0.25, 0.3) is 22.8 Å². The van der Waals surface area contributed by atoms with Gasteiger partial charge in [-0.15, -0.1) is 0 Å². The normalized spacial score (nSPS) is 10.9. The summed E-state index contributed by atoms with van der Waals surface area (Å²) < 4.78 is 19.4. The second kappa shape index (κ2) is 5.55. The van der Waals surface area contributed by atoms with Crippen LogP contribution in [0.15, 0.2) is 28.8 Å². The van der Waals surface area contributed by atoms with Crippen molar-refractivity contribution in [2.75, 3.05) is 5.73 Å². The number of nitrogens with two attached hydrogens (primary N) is 1. The van der Waals surface area contributed by atoms with Crippen LogP contribution in [0.5, 0.6) is 0 Å². The van der Waals surface area contributed by atoms with E-state index in [1.807, 2.05) is 0 Å². The Kier molecular flexibility index (Phi) is 3.72. The number of nitrogen functional groups attached to an aromatic ring is 1. The van der Waals surface area contributed by atoms with Crippen LogP contribution in [0.1, 0.15) is 5.82 Å². The maximum absolute atomic E-state index is 14.4. The number of benzene rings is 1. The summed E-state index contributed by atoms with van der Waals surface area (Å²) in [4.78, 5) is 8.23. The van der Waals surface area contributed by atoms with E-state index in [9.17, 15) is 4.39 Å². The molecular weight excluding hydrogens is 330 g/mol. The molecule has 5 nitrogen and oxygen atoms in total. The number of rotatable bonds is 2. The van der Waals surface area contributed by atoms with E-state index in [0.29, 0.717) is 16.4 Å². The number of aryl methyl sites for hydroxylation is 1. The summed E-state index contributed by atoms with van der Waals surface area (Å²) in [5.41, 5.74) is 6.17. The summed E-state index contributed by atoms with van der Waals surface area (Å²) in [7, 11) is 0. The van der Waals surface area contributed by atoms with Gasteiger partial charge in [-0.2, -0.15) is 4.98 Å². The van der Waals surface area contributed by atoms with Crippen molar-refractivity contribution in [2.45, 2.75) is 6.92 Å². The zero-order chi connectivity index (χ0) is 15.9. The molecule has 2 N–H and O–H groups in total. The molecule has 0 spiro atoms. The highest BCUT2D eigenvalue weighted by Crippen LogP contribution is 2.36. The molecule has 3 aromatic rings. The predicted octanol–water partition coefficient (Wildman–Crippen LogP) is 4.14. The monoisotopic (exact) mass is 338 g/mol. The molecule has 2 aromatic heterocycles. The quantitative estimate of drug-likeness (QED) is 0.759. The predicted molar refractivity (Wildman–Crippen MR) is 82.1 cm³/mol. The van der Waals surface area contributed by atoms with E-state index in [1.54, 1.807) is 31.2 Å². The van der Waals surface area contributed by atoms with Crippen molar-refractivity contribution in [3.8, 4) is 22.8 Å². The third-order valence-electron chi connectivity index (χ3n) is 2.96. The number of hydrogen-bond donors (Lipinski definition) is 1. The molecule has 0 saturated carbocycles. The van der Waals surface area contributed by atoms with E-state index in [-0.39, 0.29) is 28.0 Å². The van der Waals surface area contributed by atoms with Gasteiger partial charge in [-0.1, -0.05) is 40.5 Å². The maximum Gasteiger partial charge on any atom is 0.278 e. The number of anilines is 1. The Hall–Kier alpha value is -2.18. The van der Waals surface area contributed by atoms with Gasteiger partial charge in [-0.25, -0.2) is 9.37 Å². The minimum atomic E-state index is -0.715. The van der Waals surface area contributed by atoms with Crippen molar-refractivity contribution in [1.29, 1.82) is 0 Å². The molecule has 0 aliphatic heterocycles. The lowest BCUT2D eigenvalue weighted by atomic mass is 10.1. The summed E-state index contributed by atoms with van der Waals surface area (Å²) in [5, 5.41) is 4.12. The van der Waals surface area contributed by atoms with Gasteiger partial charge >= 0.3 is 0 Å². The maximum atomic E-state index is 14.4. The highest BCUT2D eigenvalue weighted by Gasteiger charge is 2.22. The van der Waals surface area contributed by atoms with E-state index < -0.39 is 5.82 Å². The molecular formula is C14H9Cl2FN4O. The third-order valence-corrected chi connectivity index (χ3v) is 3.59. The van der Waals surface area contributed by atoms with Crippen LogP contribution in [-0.4, -0.2) is 15.1 Å². The largest absolute Gasteiger partial charge is 0.395 e. The number of pyridine rings is 1. The summed E-state index contributed by atoms with van der Waals surface area (Å²) in [5.74, 6) is -0.236. The second-order valence-corrected chi connectivity index (χ2v) is 5.32. The first-order chi connectivity index (χ1) is 10.5. The van der Waals surface area contributed by atoms with E-state index in [4.69, 9.17) is 33.5 Å². The van der Waals surface area contributed by atoms with Crippen LogP contribution in [0.4, 0.5) is 10.1 Å². The molecule has 0 saturated heterocycles. The zero-order valence-electron chi connectivity index (χ0n) is 11.3. The molecule has 0 fully saturated rings. The number of hydrogen-bond acceptors (Lipinski definition) is 5. The van der Waals surface area contributed by atoms with Gasteiger partial charge in [0.25, 0.3) is 5.89 Å². The van der Waals surface area contributed by atoms with Crippen LogP contribution in [0.2, 0.25) is 10.0 Å². The van der Waals surface area contributed by atoms with Crippen LogP contribution >= 0.6 is 23.2 Å². The fourth-order valence-electron chi connectivity index (χ4n) is 1.90. The van der Waals surface area contributed by atoms with Crippen molar-refractivity contribution >= 4 is 28.9 Å². The third kappa shape index (κ3) is 2.51. The molecule has 0 radical (unpaired) electrons. The summed E-state index contributed by atoms with van der Waals surface area (Å²) in [6, 6.07) is 6.51. The highest BCUT2D eigenvalue weighted by molar-refractivity contribution is 6.35. The lowest BCUT2D eigenvalue weighted by Gasteiger charge is -2.09. The van der Waals surface area contributed by atoms with Gasteiger partial charge in [0.05, 0.1) is 10.7 Å². The number of nitrogens with zero attached hydrogens (tertiary/aromatic N) is 3. The number of aromatic nitrogens is 3. The van der Waals surface area contributed by atoms with Crippen LogP contribution < -0.4 is 5.73 Å². The van der Waals surface area contributed by atoms with E-state index in [2.05, 4.69) is 15.1 Å². The molecule has 8 heteroatoms. The van der Waals surface area contributed by atoms with Crippen molar-refractivity contribution in [2.24, 2.45) is 0 Å². The first-order valence-corrected chi connectivity index (χ1v) is 6.94. The summed E-state index contributed by atoms with van der Waals surface area (Å²) in [6.07, 6.45) is 0. The molecule has 0 amide bonds. The minimum Gasteiger partial charge on any atom is -0.395 e. The second-order valence-electron chi connectivity index (χ2n) is 4.50. The Morgan fingerprint density at radius 3 is 2.36 bits per heavy atom. The van der Waals surface area contributed by atoms with Gasteiger partial charge in [-0.3, -0.25) is 0 Å². The van der Waals surface area contributed by atoms with Gasteiger partial charge in [0.2, 0.25) is 0 Å². The Morgan fingerprint density at radius 1 is 1.09 bits per heavy atom. The van der Waals surface area contributed by atoms with Crippen LogP contribution in [0, 0.1) is 12.7 Å². The average Bonchev–Trinajstić information content (AvgIpc) is 2.93. The molecule has 3 rings (SSSR count). The molecule has 22 heavy (non-hydrogen) atoms. The van der Waals surface area contributed by atoms with Crippen molar-refractivity contribution in [3.63, 3.8) is 0 Å². The molecule has 0 atom stereocenters. The fraction of sp³-hybridized carbons (Fsp3) is 0.0714. The molecule has 0 bridgehead atoms. The molecule has 1 aromatic carbocycles. The SMILES string of the molecule is Cc1noc(-c2nc(-c3ccc(Cl)cc3)c(F)c(N)c2Cl)n1. The Balaban J connectivity index is 2.23. The first kappa shape index (κ1) is 14.7. The smallest absolute Gasteiger partial charge is 0.278 e. The zero-order valence-corrected chi connectivity index (χ0v) is 12.8. The van der Waals surface area contributed by atoms with E-state index >= 15 is 0 Å². The van der Waals surface area contributed by atoms with Crippen molar-refractivity contribution in [1.82, 2.24) is 15.1 Å². The summed E-state index contributed by atoms with van der Waals surface area (Å²) >= 11 is 11.9. The van der Waals surface area contributed by atoms with Gasteiger partial charge in [0.15, 0.2) is 11.6 Å². The Bertz CT molecular complexity index is 849. The fourth-order valence-corrected chi connectivity index (χ4v) is 2.23. The number of halogens is 3. The highest BCUT2D eigenvalue weighted by atomic mass is 35.5. The molecule has 112 valence electrons. The van der Waals surface area contributed by atoms with E-state index in [0.717, 1.165) is 0 Å². The van der Waals surface area contributed by atoms with Gasteiger partial charge in [-0.05, 0) is 19.1 Å². The lowest BCUT2D eigenvalue weighted by molar-refractivity contribution is 0.424.